The molecule has 0 aliphatic rings. The van der Waals surface area contributed by atoms with E-state index < -0.39 is 58.5 Å². The van der Waals surface area contributed by atoms with E-state index in [0.717, 1.165) is 136 Å². The third kappa shape index (κ3) is 16.8. The van der Waals surface area contributed by atoms with Crippen molar-refractivity contribution in [1.29, 1.82) is 0 Å². The van der Waals surface area contributed by atoms with Gasteiger partial charge in [0.25, 0.3) is 0 Å². The first-order chi connectivity index (χ1) is 57.2. The molecule has 10 aromatic heterocycles. The molecule has 0 N–H and O–H groups in total. The molecule has 24 heteroatoms. The van der Waals surface area contributed by atoms with Gasteiger partial charge in [0.15, 0.2) is 40.7 Å². The Kier molecular flexibility index (Phi) is 27.1. The number of pyridine rings is 5. The minimum absolute atomic E-state index is 0. The monoisotopic (exact) mass is 2530 g/mol. The third-order valence-electron chi connectivity index (χ3n) is 21.3. The fourth-order valence-corrected chi connectivity index (χ4v) is 16.0. The van der Waals surface area contributed by atoms with E-state index in [1.54, 1.807) is 16.5 Å². The van der Waals surface area contributed by atoms with Crippen LogP contribution in [0.3, 0.4) is 0 Å². The molecule has 10 heterocycles. The van der Waals surface area contributed by atoms with Gasteiger partial charge in [-0.1, -0.05) is 157 Å². The van der Waals surface area contributed by atoms with E-state index in [0.29, 0.717) is 27.7 Å². The zero-order valence-corrected chi connectivity index (χ0v) is 78.1. The van der Waals surface area contributed by atoms with E-state index >= 15 is 0 Å². The van der Waals surface area contributed by atoms with Crippen molar-refractivity contribution < 1.29 is 140 Å². The summed E-state index contributed by atoms with van der Waals surface area (Å²) in [6.45, 7) is 13.1. The SMILES string of the molecule is CCc1cn2c3ccccc3c3c(F)cc[c-]c3c2n1.CCc1cn2c3ccccc3c3ccc[c-]c3c2n1.Cc1ccc2c(c1)c1ccc[c-]c1c1nc(CC(C)(C)C)cn21.Fc1c(F)c(F)c(Cc2cn3c4ccccc4c4ccc[c-]c4c3n2)c(F)c1F.Fc1cc(Cc2cn3c4ccccc4c4ccc[c-]c4c3n2)cc(F)c1F.[Ir].[Ir].[Ir].[Ir].[Ir]. The number of hydrogen-bond acceptors (Lipinski definition) is 5. The molecule has 0 saturated heterocycles. The van der Waals surface area contributed by atoms with Crippen LogP contribution in [0.5, 0.6) is 0 Å². The first kappa shape index (κ1) is 90.0. The van der Waals surface area contributed by atoms with Gasteiger partial charge in [-0.25, -0.2) is 39.5 Å². The maximum atomic E-state index is 14.3. The number of nitrogens with zero attached hydrogens (tertiary/aromatic N) is 10. The molecule has 0 bridgehead atoms. The number of aromatic nitrogens is 10. The fourth-order valence-electron chi connectivity index (χ4n) is 16.0. The summed E-state index contributed by atoms with van der Waals surface area (Å²) in [5.74, 6) is -13.9. The second kappa shape index (κ2) is 37.0. The largest absolute Gasteiger partial charge is 0.340 e. The van der Waals surface area contributed by atoms with E-state index in [1.165, 1.54) is 50.4 Å². The molecular formula is C99H68F9Ir5N10-5. The molecule has 22 aromatic rings. The Morgan fingerprint density at radius 2 is 0.626 bits per heavy atom. The Morgan fingerprint density at radius 3 is 1.05 bits per heavy atom. The minimum atomic E-state index is -2.18. The van der Waals surface area contributed by atoms with Crippen LogP contribution in [0.4, 0.5) is 39.5 Å². The summed E-state index contributed by atoms with van der Waals surface area (Å²) in [6.07, 6.45) is 12.2. The van der Waals surface area contributed by atoms with Gasteiger partial charge in [0.1, 0.15) is 0 Å². The number of fused-ring (bicyclic) bond motifs is 30. The van der Waals surface area contributed by atoms with Gasteiger partial charge >= 0.3 is 0 Å². The van der Waals surface area contributed by atoms with Crippen molar-refractivity contribution in [3.8, 4) is 0 Å². The Balaban J connectivity index is 0.000000132. The van der Waals surface area contributed by atoms with E-state index in [9.17, 15) is 39.5 Å². The van der Waals surface area contributed by atoms with Gasteiger partial charge in [-0.3, -0.25) is 24.9 Å². The molecule has 0 fully saturated rings. The molecule has 0 atom stereocenters. The second-order valence-corrected chi connectivity index (χ2v) is 30.3. The Bertz CT molecular complexity index is 7540. The molecule has 0 unspecified atom stereocenters. The van der Waals surface area contributed by atoms with Crippen LogP contribution in [0.25, 0.3) is 137 Å². The zero-order chi connectivity index (χ0) is 81.5. The normalized spacial score (nSPS) is 11.4. The first-order valence-corrected chi connectivity index (χ1v) is 38.5. The van der Waals surface area contributed by atoms with Gasteiger partial charge in [0, 0.05) is 200 Å². The van der Waals surface area contributed by atoms with Crippen molar-refractivity contribution in [2.75, 3.05) is 0 Å². The van der Waals surface area contributed by atoms with Crippen LogP contribution < -0.4 is 0 Å². The Labute approximate surface area is 767 Å². The van der Waals surface area contributed by atoms with Crippen LogP contribution in [-0.2, 0) is 133 Å². The van der Waals surface area contributed by atoms with Crippen LogP contribution >= 0.6 is 0 Å². The third-order valence-corrected chi connectivity index (χ3v) is 21.3. The molecule has 0 amide bonds. The van der Waals surface area contributed by atoms with Crippen LogP contribution in [0, 0.1) is 95.0 Å². The van der Waals surface area contributed by atoms with Crippen LogP contribution in [0.15, 0.2) is 243 Å². The van der Waals surface area contributed by atoms with Crippen molar-refractivity contribution in [1.82, 2.24) is 46.9 Å². The van der Waals surface area contributed by atoms with Gasteiger partial charge in [-0.15, -0.1) is 137 Å². The number of rotatable bonds is 7. The molecule has 627 valence electrons. The summed E-state index contributed by atoms with van der Waals surface area (Å²) in [7, 11) is 0. The van der Waals surface area contributed by atoms with Gasteiger partial charge in [0.05, 0.1) is 39.6 Å². The van der Waals surface area contributed by atoms with Crippen molar-refractivity contribution in [3.63, 3.8) is 0 Å². The summed E-state index contributed by atoms with van der Waals surface area (Å²) in [5.41, 5.74) is 14.1. The second-order valence-electron chi connectivity index (χ2n) is 30.3. The van der Waals surface area contributed by atoms with E-state index in [2.05, 4.69) is 169 Å². The molecule has 0 aliphatic heterocycles. The average molecular weight is 2530 g/mol. The molecule has 5 radical (unpaired) electrons. The molecule has 10 nitrogen and oxygen atoms in total. The molecule has 12 aromatic carbocycles. The van der Waals surface area contributed by atoms with E-state index in [-0.39, 0.29) is 124 Å². The summed E-state index contributed by atoms with van der Waals surface area (Å²) >= 11 is 0. The number of aryl methyl sites for hydroxylation is 3. The average Bonchev–Trinajstić information content (AvgIpc) is 1.34. The fraction of sp³-hybridized carbons (Fsp3) is 0.121. The molecule has 0 aliphatic carbocycles. The maximum absolute atomic E-state index is 14.3. The number of imidazole rings is 5. The van der Waals surface area contributed by atoms with Gasteiger partial charge in [0.2, 0.25) is 5.82 Å². The summed E-state index contributed by atoms with van der Waals surface area (Å²) < 4.78 is 133. The molecule has 22 rings (SSSR count). The molecule has 123 heavy (non-hydrogen) atoms. The van der Waals surface area contributed by atoms with Gasteiger partial charge < -0.3 is 22.0 Å². The smallest absolute Gasteiger partial charge is 0.200 e. The van der Waals surface area contributed by atoms with Crippen LogP contribution in [0.2, 0.25) is 0 Å². The number of halogens is 9. The summed E-state index contributed by atoms with van der Waals surface area (Å²) in [6, 6.07) is 83.3. The topological polar surface area (TPSA) is 86.5 Å². The first-order valence-electron chi connectivity index (χ1n) is 38.5. The molecule has 0 spiro atoms. The molecular weight excluding hydrogens is 2460 g/mol. The van der Waals surface area contributed by atoms with Crippen LogP contribution in [0.1, 0.15) is 79.8 Å². The predicted octanol–water partition coefficient (Wildman–Crippen LogP) is 24.6. The van der Waals surface area contributed by atoms with Crippen molar-refractivity contribution in [2.45, 2.75) is 73.6 Å². The zero-order valence-electron chi connectivity index (χ0n) is 66.2. The van der Waals surface area contributed by atoms with E-state index in [1.807, 2.05) is 143 Å². The Morgan fingerprint density at radius 1 is 0.301 bits per heavy atom. The maximum Gasteiger partial charge on any atom is 0.200 e. The molecule has 0 saturated carbocycles. The Hall–Kier alpha value is -10.7. The summed E-state index contributed by atoms with van der Waals surface area (Å²) in [5, 5.41) is 14.9. The predicted molar refractivity (Wildman–Crippen MR) is 450 cm³/mol. The minimum Gasteiger partial charge on any atom is -0.340 e. The van der Waals surface area contributed by atoms with Gasteiger partial charge in [-0.05, 0) is 107 Å². The van der Waals surface area contributed by atoms with Crippen molar-refractivity contribution in [3.05, 3.63) is 371 Å². The van der Waals surface area contributed by atoms with Crippen molar-refractivity contribution >= 4 is 137 Å². The number of hydrogen-bond donors (Lipinski definition) is 0. The van der Waals surface area contributed by atoms with Crippen molar-refractivity contribution in [2.24, 2.45) is 5.41 Å². The summed E-state index contributed by atoms with van der Waals surface area (Å²) in [4.78, 5) is 23.4. The van der Waals surface area contributed by atoms with E-state index in [4.69, 9.17) is 9.97 Å². The van der Waals surface area contributed by atoms with Gasteiger partial charge in [-0.2, -0.15) is 0 Å². The standard InChI is InChI=1S/C22H10F5N2.C22H12F3N2.C21H21N2.C17H12FN2.C17H13N2.5Ir/c23-17-15(18(24)20(26)21(27)19(17)25)9-11-10-29-16-8-4-3-6-13(16)12-5-1-2-7-14(12)22(29)28-11;23-18-10-13(11-19(24)21(18)25)9-14-12-27-20-8-4-3-6-16(20)15-5-1-2-7-17(15)22(27)26-14;1-14-9-10-19-18(11-14)16-7-5-6-8-17(16)20-22-15(13-23(19)20)12-21(2,3)4;1-2-11-10-20-15-9-4-3-6-12(15)16-13(17(20)19-11)7-5-8-14(16)18;1-2-12-11-19-16-10-6-5-8-14(16)13-7-3-4-9-15(13)17(19)18-12;;;;;/h1-6,8,10H,9H2;1-6,8,10-12H,9H2;5-7,9-11,13H,12H2,1-4H3;3-6,8-10H,2H2,1H3;3-8,10-11H,2H2,1H3;;;;;/q5*-1;;;;;. The quantitative estimate of drug-likeness (QED) is 0.0522. The van der Waals surface area contributed by atoms with Crippen LogP contribution in [-0.4, -0.2) is 46.9 Å². The number of para-hydroxylation sites is 4. The number of benzene rings is 12.